The van der Waals surface area contributed by atoms with Crippen LogP contribution in [-0.2, 0) is 0 Å². The number of nitrogens with one attached hydrogen (secondary N) is 4. The quantitative estimate of drug-likeness (QED) is 0.272. The lowest BCUT2D eigenvalue weighted by Crippen LogP contribution is -2.38. The topological polar surface area (TPSA) is 108 Å². The Kier molecular flexibility index (Phi) is 6.47. The van der Waals surface area contributed by atoms with Crippen LogP contribution < -0.4 is 21.6 Å². The Balaban J connectivity index is 1.59. The molecule has 1 fully saturated rings. The summed E-state index contributed by atoms with van der Waals surface area (Å²) < 4.78 is 23.3. The Morgan fingerprint density at radius 3 is 2.78 bits per heavy atom. The molecule has 0 spiro atoms. The van der Waals surface area contributed by atoms with E-state index in [1.54, 1.807) is 24.3 Å². The lowest BCUT2D eigenvalue weighted by atomic mass is 9.94. The van der Waals surface area contributed by atoms with Crippen LogP contribution in [0.1, 0.15) is 45.2 Å². The molecule has 1 aliphatic heterocycles. The minimum absolute atomic E-state index is 0.0362. The first-order valence-corrected chi connectivity index (χ1v) is 12.4. The Bertz CT molecular complexity index is 1440. The van der Waals surface area contributed by atoms with Gasteiger partial charge in [-0.1, -0.05) is 37.6 Å². The molecule has 3 aromatic rings. The van der Waals surface area contributed by atoms with Gasteiger partial charge in [0.2, 0.25) is 0 Å². The van der Waals surface area contributed by atoms with Crippen molar-refractivity contribution in [2.45, 2.75) is 38.7 Å². The summed E-state index contributed by atoms with van der Waals surface area (Å²) in [6, 6.07) is 10.2. The molecule has 0 bridgehead atoms. The van der Waals surface area contributed by atoms with Crippen LogP contribution in [0.4, 0.5) is 15.8 Å². The molecule has 2 aromatic carbocycles. The highest BCUT2D eigenvalue weighted by atomic mass is 35.5. The standard InChI is InChI=1S/C27H29ClFN7O/c1-27(2,15-37)14-32-24-17(11-30)12-31-26-21(24)9-19(10-22(26)28)33-25(16-3-5-18(29)6-4-16)23-13-36(35-34-23)20-7-8-20/h3-6,9-10,12-13,20,25,33-35,37H,7-8,14-15H2,1-2H3,(H,31,32)/t25-/m1/s1/i25D. The molecule has 5 rings (SSSR count). The summed E-state index contributed by atoms with van der Waals surface area (Å²) >= 11 is 6.66. The summed E-state index contributed by atoms with van der Waals surface area (Å²) in [5, 5.41) is 28.9. The largest absolute Gasteiger partial charge is 0.396 e. The molecule has 5 N–H and O–H groups in total. The maximum Gasteiger partial charge on any atom is 0.123 e. The number of nitriles is 1. The van der Waals surface area contributed by atoms with E-state index in [2.05, 4.69) is 32.6 Å². The van der Waals surface area contributed by atoms with Crippen molar-refractivity contribution < 1.29 is 10.9 Å². The van der Waals surface area contributed by atoms with Crippen LogP contribution in [0.3, 0.4) is 0 Å². The summed E-state index contributed by atoms with van der Waals surface area (Å²) in [5.41, 5.74) is 8.69. The first-order valence-electron chi connectivity index (χ1n) is 12.6. The van der Waals surface area contributed by atoms with Gasteiger partial charge in [-0.05, 0) is 42.7 Å². The van der Waals surface area contributed by atoms with Gasteiger partial charge < -0.3 is 21.2 Å². The smallest absolute Gasteiger partial charge is 0.123 e. The van der Waals surface area contributed by atoms with Crippen LogP contribution in [-0.4, -0.2) is 34.3 Å². The van der Waals surface area contributed by atoms with Gasteiger partial charge in [-0.3, -0.25) is 9.99 Å². The summed E-state index contributed by atoms with van der Waals surface area (Å²) in [7, 11) is 0. The van der Waals surface area contributed by atoms with E-state index in [0.717, 1.165) is 12.8 Å². The molecule has 192 valence electrons. The molecule has 2 heterocycles. The van der Waals surface area contributed by atoms with E-state index in [9.17, 15) is 16.1 Å². The molecule has 1 aliphatic carbocycles. The fraction of sp³-hybridized carbons (Fsp3) is 0.333. The molecule has 0 radical (unpaired) electrons. The summed E-state index contributed by atoms with van der Waals surface area (Å²) in [6.07, 6.45) is 5.44. The van der Waals surface area contributed by atoms with Crippen molar-refractivity contribution in [1.82, 2.24) is 21.0 Å². The van der Waals surface area contributed by atoms with E-state index in [-0.39, 0.29) is 6.61 Å². The van der Waals surface area contributed by atoms with Gasteiger partial charge in [0.1, 0.15) is 11.9 Å². The first kappa shape index (κ1) is 23.8. The molecule has 8 nitrogen and oxygen atoms in total. The van der Waals surface area contributed by atoms with Gasteiger partial charge in [-0.25, -0.2) is 4.39 Å². The number of aliphatic hydroxyl groups excluding tert-OH is 1. The van der Waals surface area contributed by atoms with Crippen molar-refractivity contribution in [2.24, 2.45) is 5.41 Å². The minimum atomic E-state index is -1.53. The molecule has 2 aliphatic rings. The van der Waals surface area contributed by atoms with Crippen LogP contribution in [0.5, 0.6) is 0 Å². The van der Waals surface area contributed by atoms with Gasteiger partial charge >= 0.3 is 0 Å². The predicted octanol–water partition coefficient (Wildman–Crippen LogP) is 4.81. The second-order valence-electron chi connectivity index (χ2n) is 10.1. The van der Waals surface area contributed by atoms with Crippen molar-refractivity contribution in [3.05, 3.63) is 76.5 Å². The average molecular weight is 523 g/mol. The van der Waals surface area contributed by atoms with E-state index in [1.807, 2.05) is 25.1 Å². The molecular weight excluding hydrogens is 493 g/mol. The minimum Gasteiger partial charge on any atom is -0.396 e. The van der Waals surface area contributed by atoms with Crippen molar-refractivity contribution in [3.63, 3.8) is 0 Å². The number of fused-ring (bicyclic) bond motifs is 1. The van der Waals surface area contributed by atoms with Gasteiger partial charge in [-0.2, -0.15) is 5.26 Å². The molecule has 10 heteroatoms. The Hall–Kier alpha value is -3.58. The fourth-order valence-electron chi connectivity index (χ4n) is 4.05. The number of aliphatic hydroxyl groups is 1. The zero-order valence-corrected chi connectivity index (χ0v) is 21.3. The number of halogens is 2. The summed E-state index contributed by atoms with van der Waals surface area (Å²) in [6.45, 7) is 4.19. The van der Waals surface area contributed by atoms with Crippen LogP contribution in [0.2, 0.25) is 5.02 Å². The molecule has 1 aromatic heterocycles. The van der Waals surface area contributed by atoms with Crippen LogP contribution >= 0.6 is 11.6 Å². The Labute approximate surface area is 221 Å². The zero-order valence-electron chi connectivity index (χ0n) is 21.6. The van der Waals surface area contributed by atoms with Crippen LogP contribution in [0.15, 0.2) is 54.5 Å². The highest BCUT2D eigenvalue weighted by Crippen LogP contribution is 2.37. The maximum absolute atomic E-state index is 13.8. The average Bonchev–Trinajstić information content (AvgIpc) is 3.63. The monoisotopic (exact) mass is 522 g/mol. The number of hydrogen-bond donors (Lipinski definition) is 5. The third-order valence-corrected chi connectivity index (χ3v) is 6.70. The predicted molar refractivity (Wildman–Crippen MR) is 143 cm³/mol. The highest BCUT2D eigenvalue weighted by molar-refractivity contribution is 6.35. The number of rotatable bonds is 9. The van der Waals surface area contributed by atoms with Crippen molar-refractivity contribution in [3.8, 4) is 6.07 Å². The third kappa shape index (κ3) is 5.42. The molecule has 0 amide bonds. The maximum atomic E-state index is 13.8. The number of aromatic nitrogens is 1. The number of benzene rings is 2. The molecule has 0 saturated heterocycles. The Morgan fingerprint density at radius 2 is 2.11 bits per heavy atom. The number of hydrogen-bond acceptors (Lipinski definition) is 8. The Morgan fingerprint density at radius 1 is 1.35 bits per heavy atom. The van der Waals surface area contributed by atoms with Crippen LogP contribution in [0.25, 0.3) is 10.9 Å². The number of hydrazine groups is 2. The number of nitrogens with zero attached hydrogens (tertiary/aromatic N) is 3. The molecule has 37 heavy (non-hydrogen) atoms. The fourth-order valence-corrected chi connectivity index (χ4v) is 4.32. The van der Waals surface area contributed by atoms with Gasteiger partial charge in [0, 0.05) is 48.1 Å². The van der Waals surface area contributed by atoms with Crippen LogP contribution in [0, 0.1) is 22.6 Å². The highest BCUT2D eigenvalue weighted by Gasteiger charge is 2.32. The van der Waals surface area contributed by atoms with E-state index in [4.69, 9.17) is 11.6 Å². The molecule has 1 atom stereocenters. The first-order chi connectivity index (χ1) is 18.1. The van der Waals surface area contributed by atoms with E-state index < -0.39 is 17.3 Å². The third-order valence-electron chi connectivity index (χ3n) is 6.42. The number of anilines is 2. The van der Waals surface area contributed by atoms with Gasteiger partial charge in [0.05, 0.1) is 34.9 Å². The van der Waals surface area contributed by atoms with Crippen molar-refractivity contribution in [1.29, 1.82) is 5.26 Å². The second-order valence-corrected chi connectivity index (χ2v) is 10.5. The van der Waals surface area contributed by atoms with E-state index >= 15 is 0 Å². The summed E-state index contributed by atoms with van der Waals surface area (Å²) in [4.78, 5) is 4.40. The normalized spacial score (nSPS) is 17.5. The lowest BCUT2D eigenvalue weighted by molar-refractivity contribution is 0.171. The number of pyridine rings is 1. The molecule has 1 saturated carbocycles. The van der Waals surface area contributed by atoms with Crippen molar-refractivity contribution in [2.75, 3.05) is 23.8 Å². The molecular formula is C27H29ClFN7O. The van der Waals surface area contributed by atoms with E-state index in [0.29, 0.717) is 56.7 Å². The van der Waals surface area contributed by atoms with Gasteiger partial charge in [0.15, 0.2) is 0 Å². The van der Waals surface area contributed by atoms with Gasteiger partial charge in [0.25, 0.3) is 0 Å². The SMILES string of the molecule is [2H][C@](Nc1cc(Cl)c2ncc(C#N)c(NCC(C)(C)CO)c2c1)(C1=CN(C2CC2)NN1)c1ccc(F)cc1. The summed E-state index contributed by atoms with van der Waals surface area (Å²) in [5.74, 6) is -0.396. The van der Waals surface area contributed by atoms with Gasteiger partial charge in [-0.15, -0.1) is 5.53 Å². The lowest BCUT2D eigenvalue weighted by Gasteiger charge is -2.24. The zero-order chi connectivity index (χ0) is 27.1. The van der Waals surface area contributed by atoms with E-state index in [1.165, 1.54) is 18.3 Å². The second kappa shape index (κ2) is 10.1. The van der Waals surface area contributed by atoms with Crippen molar-refractivity contribution >= 4 is 33.9 Å². The molecule has 0 unspecified atom stereocenters.